The number of carbonyl (C=O) groups excluding carboxylic acids is 1. The van der Waals surface area contributed by atoms with Gasteiger partial charge in [-0.25, -0.2) is 0 Å². The third-order valence-electron chi connectivity index (χ3n) is 4.33. The largest absolute Gasteiger partial charge is 0.390 e. The van der Waals surface area contributed by atoms with Gasteiger partial charge in [0.05, 0.1) is 18.3 Å². The van der Waals surface area contributed by atoms with Gasteiger partial charge in [-0.3, -0.25) is 4.79 Å². The van der Waals surface area contributed by atoms with Crippen LogP contribution >= 0.6 is 24.8 Å². The van der Waals surface area contributed by atoms with Gasteiger partial charge in [-0.2, -0.15) is 0 Å². The zero-order valence-electron chi connectivity index (χ0n) is 11.6. The molecule has 5 N–H and O–H groups in total. The van der Waals surface area contributed by atoms with Gasteiger partial charge in [-0.15, -0.1) is 24.8 Å². The third kappa shape index (κ3) is 3.79. The predicted molar refractivity (Wildman–Crippen MR) is 81.0 cm³/mol. The average Bonchev–Trinajstić information content (AvgIpc) is 3.00. The van der Waals surface area contributed by atoms with E-state index in [0.29, 0.717) is 32.2 Å². The molecule has 0 aliphatic carbocycles. The van der Waals surface area contributed by atoms with Crippen LogP contribution in [0.2, 0.25) is 0 Å². The van der Waals surface area contributed by atoms with E-state index in [2.05, 4.69) is 16.0 Å². The fraction of sp³-hybridized carbons (Fsp3) is 0.917. The molecule has 3 rings (SSSR count). The second-order valence-electron chi connectivity index (χ2n) is 5.77. The van der Waals surface area contributed by atoms with Crippen molar-refractivity contribution >= 4 is 30.7 Å². The van der Waals surface area contributed by atoms with Gasteiger partial charge in [0.15, 0.2) is 0 Å². The minimum Gasteiger partial charge on any atom is -0.390 e. The van der Waals surface area contributed by atoms with Crippen molar-refractivity contribution in [1.82, 2.24) is 16.0 Å². The number of aliphatic hydroxyl groups excluding tert-OH is 2. The molecule has 3 aliphatic rings. The Morgan fingerprint density at radius 2 is 2.10 bits per heavy atom. The first kappa shape index (κ1) is 18.9. The van der Waals surface area contributed by atoms with Crippen LogP contribution in [0.5, 0.6) is 0 Å². The SMILES string of the molecule is Cl.Cl.O=C(NCC12CNC(CO1)C2)[C@H]1NCC[C@@H](O)[C@H]1O. The van der Waals surface area contributed by atoms with Crippen molar-refractivity contribution in [2.24, 2.45) is 0 Å². The second kappa shape index (κ2) is 7.41. The zero-order chi connectivity index (χ0) is 13.5. The summed E-state index contributed by atoms with van der Waals surface area (Å²) in [6.07, 6.45) is -0.513. The molecule has 9 heteroatoms. The van der Waals surface area contributed by atoms with E-state index in [4.69, 9.17) is 4.74 Å². The summed E-state index contributed by atoms with van der Waals surface area (Å²) in [6, 6.07) is -0.344. The smallest absolute Gasteiger partial charge is 0.240 e. The van der Waals surface area contributed by atoms with Crippen LogP contribution in [0.3, 0.4) is 0 Å². The number of aliphatic hydroxyl groups is 2. The Bertz CT molecular complexity index is 366. The molecule has 2 bridgehead atoms. The van der Waals surface area contributed by atoms with Gasteiger partial charge in [-0.05, 0) is 19.4 Å². The van der Waals surface area contributed by atoms with Crippen LogP contribution in [0.1, 0.15) is 12.8 Å². The molecule has 7 nitrogen and oxygen atoms in total. The Labute approximate surface area is 136 Å². The van der Waals surface area contributed by atoms with Gasteiger partial charge in [0.25, 0.3) is 0 Å². The lowest BCUT2D eigenvalue weighted by molar-refractivity contribution is -0.131. The zero-order valence-corrected chi connectivity index (χ0v) is 13.2. The van der Waals surface area contributed by atoms with E-state index in [0.717, 1.165) is 13.0 Å². The Balaban J connectivity index is 0.00000110. The van der Waals surface area contributed by atoms with Crippen LogP contribution in [-0.2, 0) is 9.53 Å². The highest BCUT2D eigenvalue weighted by atomic mass is 35.5. The molecular formula is C12H23Cl2N3O4. The van der Waals surface area contributed by atoms with Crippen molar-refractivity contribution in [2.75, 3.05) is 26.2 Å². The monoisotopic (exact) mass is 343 g/mol. The quantitative estimate of drug-likeness (QED) is 0.412. The lowest BCUT2D eigenvalue weighted by atomic mass is 9.97. The number of ether oxygens (including phenoxy) is 1. The molecule has 2 unspecified atom stereocenters. The summed E-state index contributed by atoms with van der Waals surface area (Å²) >= 11 is 0. The van der Waals surface area contributed by atoms with E-state index >= 15 is 0 Å². The molecule has 0 aromatic carbocycles. The number of carbonyl (C=O) groups is 1. The van der Waals surface area contributed by atoms with E-state index in [-0.39, 0.29) is 36.3 Å². The lowest BCUT2D eigenvalue weighted by Crippen LogP contribution is -2.60. The first-order valence-corrected chi connectivity index (χ1v) is 6.84. The molecule has 3 heterocycles. The molecule has 0 radical (unpaired) electrons. The molecule has 5 atom stereocenters. The maximum Gasteiger partial charge on any atom is 0.240 e. The number of halogens is 2. The van der Waals surface area contributed by atoms with Crippen LogP contribution in [0.15, 0.2) is 0 Å². The highest BCUT2D eigenvalue weighted by Gasteiger charge is 2.46. The maximum atomic E-state index is 12.1. The van der Waals surface area contributed by atoms with Gasteiger partial charge in [-0.1, -0.05) is 0 Å². The van der Waals surface area contributed by atoms with Crippen LogP contribution < -0.4 is 16.0 Å². The van der Waals surface area contributed by atoms with E-state index in [1.165, 1.54) is 0 Å². The second-order valence-corrected chi connectivity index (χ2v) is 5.77. The number of morpholine rings is 1. The summed E-state index contributed by atoms with van der Waals surface area (Å²) in [5.74, 6) is -0.278. The van der Waals surface area contributed by atoms with Crippen LogP contribution in [0, 0.1) is 0 Å². The molecule has 3 saturated heterocycles. The van der Waals surface area contributed by atoms with Gasteiger partial charge >= 0.3 is 0 Å². The van der Waals surface area contributed by atoms with Gasteiger partial charge in [0.1, 0.15) is 12.1 Å². The van der Waals surface area contributed by atoms with E-state index in [1.807, 2.05) is 0 Å². The van der Waals surface area contributed by atoms with Gasteiger partial charge in [0, 0.05) is 19.1 Å². The molecule has 3 fully saturated rings. The highest BCUT2D eigenvalue weighted by molar-refractivity contribution is 5.85. The standard InChI is InChI=1S/C12H21N3O4.2ClH/c16-8-1-2-13-9(10(8)17)11(18)15-6-12-3-7(4-19-12)14-5-12;;/h7-10,13-14,16-17H,1-6H2,(H,15,18);2*1H/t7?,8-,9+,10-,12?;;/m1../s1. The van der Waals surface area contributed by atoms with Gasteiger partial charge in [0.2, 0.25) is 5.91 Å². The summed E-state index contributed by atoms with van der Waals surface area (Å²) in [5, 5.41) is 28.5. The van der Waals surface area contributed by atoms with Crippen LogP contribution in [0.4, 0.5) is 0 Å². The highest BCUT2D eigenvalue weighted by Crippen LogP contribution is 2.30. The van der Waals surface area contributed by atoms with E-state index < -0.39 is 18.2 Å². The summed E-state index contributed by atoms with van der Waals surface area (Å²) in [7, 11) is 0. The fourth-order valence-electron chi connectivity index (χ4n) is 3.12. The Hall–Kier alpha value is -0.150. The lowest BCUT2D eigenvalue weighted by Gasteiger charge is -2.33. The molecule has 0 spiro atoms. The number of nitrogens with one attached hydrogen (secondary N) is 3. The van der Waals surface area contributed by atoms with Crippen molar-refractivity contribution in [3.63, 3.8) is 0 Å². The topological polar surface area (TPSA) is 103 Å². The van der Waals surface area contributed by atoms with Gasteiger partial charge < -0.3 is 30.9 Å². The predicted octanol–water partition coefficient (Wildman–Crippen LogP) is -1.84. The first-order chi connectivity index (χ1) is 9.10. The van der Waals surface area contributed by atoms with Crippen molar-refractivity contribution in [1.29, 1.82) is 0 Å². The Morgan fingerprint density at radius 1 is 1.33 bits per heavy atom. The number of rotatable bonds is 3. The minimum absolute atomic E-state index is 0. The number of amides is 1. The van der Waals surface area contributed by atoms with Crippen LogP contribution in [0.25, 0.3) is 0 Å². The first-order valence-electron chi connectivity index (χ1n) is 6.84. The fourth-order valence-corrected chi connectivity index (χ4v) is 3.12. The van der Waals surface area contributed by atoms with Crippen molar-refractivity contribution in [2.45, 2.75) is 42.7 Å². The summed E-state index contributed by atoms with van der Waals surface area (Å²) in [5.41, 5.74) is -0.293. The molecule has 3 aliphatic heterocycles. The maximum absolute atomic E-state index is 12.1. The molecule has 21 heavy (non-hydrogen) atoms. The van der Waals surface area contributed by atoms with Crippen molar-refractivity contribution < 1.29 is 19.7 Å². The van der Waals surface area contributed by atoms with E-state index in [9.17, 15) is 15.0 Å². The van der Waals surface area contributed by atoms with Crippen molar-refractivity contribution in [3.05, 3.63) is 0 Å². The minimum atomic E-state index is -1.05. The molecular weight excluding hydrogens is 321 g/mol. The third-order valence-corrected chi connectivity index (χ3v) is 4.33. The normalized spacial score (nSPS) is 41.0. The van der Waals surface area contributed by atoms with Crippen molar-refractivity contribution in [3.8, 4) is 0 Å². The number of piperidine rings is 1. The number of fused-ring (bicyclic) bond motifs is 2. The summed E-state index contributed by atoms with van der Waals surface area (Å²) in [4.78, 5) is 12.1. The number of hydrogen-bond acceptors (Lipinski definition) is 6. The average molecular weight is 344 g/mol. The number of hydrogen-bond donors (Lipinski definition) is 5. The Morgan fingerprint density at radius 3 is 2.67 bits per heavy atom. The molecule has 124 valence electrons. The molecule has 0 saturated carbocycles. The summed E-state index contributed by atoms with van der Waals surface area (Å²) < 4.78 is 5.72. The Kier molecular flexibility index (Phi) is 6.67. The van der Waals surface area contributed by atoms with Crippen LogP contribution in [-0.4, -0.2) is 72.3 Å². The molecule has 0 aromatic rings. The summed E-state index contributed by atoms with van der Waals surface area (Å²) in [6.45, 7) is 2.41. The molecule has 1 amide bonds. The molecule has 0 aromatic heterocycles. The van der Waals surface area contributed by atoms with E-state index in [1.54, 1.807) is 0 Å².